The smallest absolute Gasteiger partial charge is 0.384 e. The van der Waals surface area contributed by atoms with Crippen LogP contribution in [-0.4, -0.2) is 27.2 Å². The van der Waals surface area contributed by atoms with Gasteiger partial charge in [0.05, 0.1) is 23.4 Å². The third kappa shape index (κ3) is 3.89. The minimum atomic E-state index is -4.68. The normalized spacial score (nSPS) is 15.8. The number of carbonyl (C=O) groups is 1. The van der Waals surface area contributed by atoms with Gasteiger partial charge in [0, 0.05) is 24.0 Å². The first-order valence-electron chi connectivity index (χ1n) is 9.58. The molecule has 0 fully saturated rings. The third-order valence-electron chi connectivity index (χ3n) is 5.09. The minimum absolute atomic E-state index is 0.166. The van der Waals surface area contributed by atoms with Crippen LogP contribution in [0, 0.1) is 11.8 Å². The largest absolute Gasteiger partial charge is 0.416 e. The summed E-state index contributed by atoms with van der Waals surface area (Å²) in [7, 11) is 0. The summed E-state index contributed by atoms with van der Waals surface area (Å²) < 4.78 is 54.2. The van der Waals surface area contributed by atoms with E-state index in [0.29, 0.717) is 16.9 Å². The van der Waals surface area contributed by atoms with Crippen LogP contribution in [0.1, 0.15) is 45.7 Å². The summed E-state index contributed by atoms with van der Waals surface area (Å²) in [6.45, 7) is 0.682. The van der Waals surface area contributed by atoms with Gasteiger partial charge < -0.3 is 10.6 Å². The number of alkyl halides is 4. The zero-order chi connectivity index (χ0) is 23.0. The fraction of sp³-hybridized carbons (Fsp3) is 0.227. The number of nitrogens with two attached hydrogens (primary N) is 1. The Morgan fingerprint density at radius 1 is 1.19 bits per heavy atom. The molecule has 1 aliphatic heterocycles. The van der Waals surface area contributed by atoms with Crippen molar-refractivity contribution in [3.63, 3.8) is 0 Å². The average Bonchev–Trinajstić information content (AvgIpc) is 3.20. The maximum atomic E-state index is 13.3. The van der Waals surface area contributed by atoms with Gasteiger partial charge in [0.1, 0.15) is 18.2 Å². The molecule has 0 saturated heterocycles. The molecular weight excluding hydrogens is 426 g/mol. The third-order valence-corrected chi connectivity index (χ3v) is 5.09. The van der Waals surface area contributed by atoms with Gasteiger partial charge in [-0.25, -0.2) is 9.37 Å². The van der Waals surface area contributed by atoms with Crippen LogP contribution < -0.4 is 10.6 Å². The summed E-state index contributed by atoms with van der Waals surface area (Å²) in [5, 5.41) is 4.25. The first kappa shape index (κ1) is 21.4. The zero-order valence-corrected chi connectivity index (χ0v) is 16.8. The van der Waals surface area contributed by atoms with E-state index >= 15 is 0 Å². The highest BCUT2D eigenvalue weighted by molar-refractivity contribution is 6.07. The molecule has 1 atom stereocenters. The van der Waals surface area contributed by atoms with E-state index in [9.17, 15) is 22.4 Å². The second kappa shape index (κ2) is 8.00. The number of nitrogen functional groups attached to an aromatic ring is 1. The zero-order valence-electron chi connectivity index (χ0n) is 16.8. The van der Waals surface area contributed by atoms with Crippen LogP contribution in [0.2, 0.25) is 0 Å². The van der Waals surface area contributed by atoms with Gasteiger partial charge in [-0.1, -0.05) is 11.8 Å². The molecule has 1 aromatic carbocycles. The Balaban J connectivity index is 1.71. The molecule has 32 heavy (non-hydrogen) atoms. The molecule has 0 spiro atoms. The predicted octanol–water partition coefficient (Wildman–Crippen LogP) is 3.97. The summed E-state index contributed by atoms with van der Waals surface area (Å²) in [4.78, 5) is 18.5. The number of halogens is 4. The number of pyridine rings is 1. The van der Waals surface area contributed by atoms with Crippen LogP contribution in [0.3, 0.4) is 0 Å². The van der Waals surface area contributed by atoms with Gasteiger partial charge in [-0.05, 0) is 42.8 Å². The SMILES string of the molecule is CC1CN(c2ccc(C(F)(F)F)c(CF)c2)C(=O)c2c(C#Cc3ccc(N)nc3)cnn21. The van der Waals surface area contributed by atoms with Gasteiger partial charge in [0.15, 0.2) is 0 Å². The number of fused-ring (bicyclic) bond motifs is 1. The Morgan fingerprint density at radius 3 is 2.62 bits per heavy atom. The van der Waals surface area contributed by atoms with Gasteiger partial charge in [0.2, 0.25) is 0 Å². The standard InChI is InChI=1S/C22H17F4N5O/c1-13-12-30(17-5-6-18(22(24,25)26)16(8-17)9-23)21(32)20-15(11-29-31(13)20)4-2-14-3-7-19(27)28-10-14/h3,5-8,10-11,13H,9,12H2,1H3,(H2,27,28). The van der Waals surface area contributed by atoms with Crippen LogP contribution in [0.15, 0.2) is 42.7 Å². The second-order valence-electron chi connectivity index (χ2n) is 7.31. The molecule has 6 nitrogen and oxygen atoms in total. The molecular formula is C22H17F4N5O. The lowest BCUT2D eigenvalue weighted by Gasteiger charge is -2.32. The van der Waals surface area contributed by atoms with Gasteiger partial charge in [0.25, 0.3) is 5.91 Å². The molecule has 0 aliphatic carbocycles. The second-order valence-corrected chi connectivity index (χ2v) is 7.31. The first-order chi connectivity index (χ1) is 15.2. The van der Waals surface area contributed by atoms with E-state index < -0.39 is 29.9 Å². The molecule has 10 heteroatoms. The van der Waals surface area contributed by atoms with Gasteiger partial charge in [-0.3, -0.25) is 9.48 Å². The fourth-order valence-electron chi connectivity index (χ4n) is 3.53. The summed E-state index contributed by atoms with van der Waals surface area (Å²) in [5.74, 6) is 5.65. The maximum absolute atomic E-state index is 13.3. The molecule has 1 unspecified atom stereocenters. The Hall–Kier alpha value is -3.87. The maximum Gasteiger partial charge on any atom is 0.416 e. The van der Waals surface area contributed by atoms with Crippen LogP contribution in [0.4, 0.5) is 29.1 Å². The minimum Gasteiger partial charge on any atom is -0.384 e. The number of nitrogens with zero attached hydrogens (tertiary/aromatic N) is 4. The van der Waals surface area contributed by atoms with Crippen molar-refractivity contribution in [2.24, 2.45) is 0 Å². The van der Waals surface area contributed by atoms with E-state index in [1.54, 1.807) is 12.1 Å². The number of rotatable bonds is 2. The van der Waals surface area contributed by atoms with Gasteiger partial charge in [-0.15, -0.1) is 0 Å². The van der Waals surface area contributed by atoms with Crippen LogP contribution in [0.25, 0.3) is 0 Å². The van der Waals surface area contributed by atoms with Crippen molar-refractivity contribution in [2.45, 2.75) is 25.8 Å². The van der Waals surface area contributed by atoms with E-state index in [1.165, 1.54) is 28.0 Å². The highest BCUT2D eigenvalue weighted by atomic mass is 19.4. The fourth-order valence-corrected chi connectivity index (χ4v) is 3.53. The summed E-state index contributed by atoms with van der Waals surface area (Å²) in [5.41, 5.74) is 5.31. The van der Waals surface area contributed by atoms with Crippen molar-refractivity contribution >= 4 is 17.4 Å². The number of hydrogen-bond donors (Lipinski definition) is 1. The van der Waals surface area contributed by atoms with E-state index in [1.807, 2.05) is 6.92 Å². The van der Waals surface area contributed by atoms with Gasteiger partial charge in [-0.2, -0.15) is 18.3 Å². The van der Waals surface area contributed by atoms with Crippen molar-refractivity contribution in [2.75, 3.05) is 17.2 Å². The number of amides is 1. The lowest BCUT2D eigenvalue weighted by atomic mass is 10.0. The Bertz CT molecular complexity index is 1240. The molecule has 3 heterocycles. The van der Waals surface area contributed by atoms with Gasteiger partial charge >= 0.3 is 6.18 Å². The lowest BCUT2D eigenvalue weighted by molar-refractivity contribution is -0.138. The van der Waals surface area contributed by atoms with Crippen LogP contribution in [0.5, 0.6) is 0 Å². The van der Waals surface area contributed by atoms with Crippen LogP contribution >= 0.6 is 0 Å². The molecule has 3 aromatic rings. The molecule has 0 bridgehead atoms. The molecule has 1 aliphatic rings. The van der Waals surface area contributed by atoms with E-state index in [-0.39, 0.29) is 24.0 Å². The van der Waals surface area contributed by atoms with E-state index in [2.05, 4.69) is 21.9 Å². The number of hydrogen-bond acceptors (Lipinski definition) is 4. The Kier molecular flexibility index (Phi) is 5.34. The van der Waals surface area contributed by atoms with Crippen molar-refractivity contribution in [1.29, 1.82) is 0 Å². The number of benzene rings is 1. The first-order valence-corrected chi connectivity index (χ1v) is 9.58. The summed E-state index contributed by atoms with van der Waals surface area (Å²) in [6.07, 6.45) is -1.72. The molecule has 0 radical (unpaired) electrons. The molecule has 2 aromatic heterocycles. The average molecular weight is 443 g/mol. The predicted molar refractivity (Wildman–Crippen MR) is 109 cm³/mol. The molecule has 164 valence electrons. The molecule has 1 amide bonds. The summed E-state index contributed by atoms with van der Waals surface area (Å²) >= 11 is 0. The number of carbonyl (C=O) groups excluding carboxylic acids is 1. The van der Waals surface area contributed by atoms with E-state index in [0.717, 1.165) is 12.1 Å². The number of anilines is 2. The van der Waals surface area contributed by atoms with Crippen molar-refractivity contribution in [1.82, 2.24) is 14.8 Å². The Morgan fingerprint density at radius 2 is 1.97 bits per heavy atom. The van der Waals surface area contributed by atoms with Crippen LogP contribution in [-0.2, 0) is 12.9 Å². The monoisotopic (exact) mass is 443 g/mol. The van der Waals surface area contributed by atoms with Crippen molar-refractivity contribution in [3.05, 3.63) is 70.7 Å². The number of aromatic nitrogens is 3. The highest BCUT2D eigenvalue weighted by Crippen LogP contribution is 2.36. The molecule has 0 saturated carbocycles. The quantitative estimate of drug-likeness (QED) is 0.480. The molecule has 2 N–H and O–H groups in total. The van der Waals surface area contributed by atoms with E-state index in [4.69, 9.17) is 5.73 Å². The van der Waals surface area contributed by atoms with Crippen molar-refractivity contribution < 1.29 is 22.4 Å². The lowest BCUT2D eigenvalue weighted by Crippen LogP contribution is -2.43. The van der Waals surface area contributed by atoms with Crippen molar-refractivity contribution in [3.8, 4) is 11.8 Å². The topological polar surface area (TPSA) is 77.0 Å². The summed E-state index contributed by atoms with van der Waals surface area (Å²) in [6, 6.07) is 6.03. The molecule has 4 rings (SSSR count). The highest BCUT2D eigenvalue weighted by Gasteiger charge is 2.36. The Labute approximate surface area is 180 Å².